The number of rotatable bonds is 1. The van der Waals surface area contributed by atoms with Gasteiger partial charge in [-0.3, -0.25) is 0 Å². The molecule has 1 aromatic carbocycles. The van der Waals surface area contributed by atoms with E-state index in [4.69, 9.17) is 0 Å². The summed E-state index contributed by atoms with van der Waals surface area (Å²) in [5.41, 5.74) is 2.54. The molecule has 106 valence electrons. The molecule has 0 radical (unpaired) electrons. The van der Waals surface area contributed by atoms with Gasteiger partial charge in [0.25, 0.3) is 0 Å². The Morgan fingerprint density at radius 2 is 2.05 bits per heavy atom. The van der Waals surface area contributed by atoms with E-state index in [0.29, 0.717) is 0 Å². The summed E-state index contributed by atoms with van der Waals surface area (Å²) in [5.74, 6) is 2.04. The molecule has 0 saturated heterocycles. The maximum Gasteiger partial charge on any atom is 0.164 e. The van der Waals surface area contributed by atoms with Gasteiger partial charge in [0, 0.05) is 18.7 Å². The highest BCUT2D eigenvalue weighted by Crippen LogP contribution is 2.35. The van der Waals surface area contributed by atoms with E-state index in [1.54, 1.807) is 0 Å². The van der Waals surface area contributed by atoms with Gasteiger partial charge in [0.1, 0.15) is 0 Å². The zero-order valence-electron chi connectivity index (χ0n) is 12.6. The maximum atomic E-state index is 4.46. The second-order valence-electron chi connectivity index (χ2n) is 6.66. The highest BCUT2D eigenvalue weighted by atomic mass is 15.3. The van der Waals surface area contributed by atoms with E-state index >= 15 is 0 Å². The van der Waals surface area contributed by atoms with Crippen molar-refractivity contribution in [2.75, 3.05) is 6.54 Å². The molecule has 0 fully saturated rings. The third-order valence-electron chi connectivity index (χ3n) is 3.86. The van der Waals surface area contributed by atoms with Crippen molar-refractivity contribution < 1.29 is 0 Å². The lowest BCUT2D eigenvalue weighted by atomic mass is 9.85. The fourth-order valence-electron chi connectivity index (χ4n) is 2.85. The Bertz CT molecular complexity index is 622. The van der Waals surface area contributed by atoms with E-state index in [9.17, 15) is 0 Å². The van der Waals surface area contributed by atoms with Gasteiger partial charge in [-0.1, -0.05) is 44.5 Å². The highest BCUT2D eigenvalue weighted by molar-refractivity contribution is 5.56. The van der Waals surface area contributed by atoms with E-state index in [2.05, 4.69) is 72.0 Å². The number of nitrogens with one attached hydrogen (secondary N) is 1. The molecule has 4 nitrogen and oxygen atoms in total. The minimum Gasteiger partial charge on any atom is -0.308 e. The molecule has 4 heteroatoms. The Balaban J connectivity index is 2.07. The number of aryl methyl sites for hydroxylation is 1. The van der Waals surface area contributed by atoms with Crippen molar-refractivity contribution in [2.24, 2.45) is 5.41 Å². The van der Waals surface area contributed by atoms with Crippen molar-refractivity contribution in [3.63, 3.8) is 0 Å². The lowest BCUT2D eigenvalue weighted by Gasteiger charge is -2.34. The summed E-state index contributed by atoms with van der Waals surface area (Å²) in [6.07, 6.45) is 0. The molecular formula is C16H22N4. The van der Waals surface area contributed by atoms with E-state index in [-0.39, 0.29) is 11.5 Å². The Labute approximate surface area is 120 Å². The number of fused-ring (bicyclic) bond motifs is 1. The van der Waals surface area contributed by atoms with Gasteiger partial charge >= 0.3 is 0 Å². The predicted octanol–water partition coefficient (Wildman–Crippen LogP) is 2.94. The Hall–Kier alpha value is -1.68. The first-order valence-electron chi connectivity index (χ1n) is 7.20. The molecule has 1 aliphatic rings. The standard InChI is InChI=1S/C16H22N4/c1-11-6-5-7-12(10-11)14-18-19-15-13(16(2,3)4)17-8-9-20(14)15/h5-7,10,13,17H,8-9H2,1-4H3. The fraction of sp³-hybridized carbons (Fsp3) is 0.500. The minimum absolute atomic E-state index is 0.134. The van der Waals surface area contributed by atoms with Crippen LogP contribution in [-0.2, 0) is 6.54 Å². The molecule has 1 atom stereocenters. The maximum absolute atomic E-state index is 4.46. The number of hydrogen-bond acceptors (Lipinski definition) is 3. The molecule has 0 bridgehead atoms. The second-order valence-corrected chi connectivity index (χ2v) is 6.66. The van der Waals surface area contributed by atoms with Crippen LogP contribution < -0.4 is 5.32 Å². The summed E-state index contributed by atoms with van der Waals surface area (Å²) in [4.78, 5) is 0. The van der Waals surface area contributed by atoms with Gasteiger partial charge in [-0.05, 0) is 18.4 Å². The van der Waals surface area contributed by atoms with Crippen molar-refractivity contribution in [1.29, 1.82) is 0 Å². The van der Waals surface area contributed by atoms with Crippen LogP contribution in [0.5, 0.6) is 0 Å². The van der Waals surface area contributed by atoms with Crippen LogP contribution >= 0.6 is 0 Å². The molecule has 3 rings (SSSR count). The summed E-state index contributed by atoms with van der Waals surface area (Å²) in [6, 6.07) is 8.72. The minimum atomic E-state index is 0.134. The Kier molecular flexibility index (Phi) is 3.13. The zero-order valence-corrected chi connectivity index (χ0v) is 12.6. The van der Waals surface area contributed by atoms with Crippen LogP contribution in [0.25, 0.3) is 11.4 Å². The molecule has 0 saturated carbocycles. The molecule has 1 aliphatic heterocycles. The fourth-order valence-corrected chi connectivity index (χ4v) is 2.85. The average Bonchev–Trinajstić information content (AvgIpc) is 2.81. The third-order valence-corrected chi connectivity index (χ3v) is 3.86. The zero-order chi connectivity index (χ0) is 14.3. The van der Waals surface area contributed by atoms with Crippen LogP contribution in [0.2, 0.25) is 0 Å². The van der Waals surface area contributed by atoms with Gasteiger partial charge in [-0.2, -0.15) is 0 Å². The van der Waals surface area contributed by atoms with E-state index in [1.165, 1.54) is 5.56 Å². The van der Waals surface area contributed by atoms with Crippen molar-refractivity contribution in [3.8, 4) is 11.4 Å². The molecule has 1 aromatic heterocycles. The Morgan fingerprint density at radius 1 is 1.25 bits per heavy atom. The van der Waals surface area contributed by atoms with Crippen LogP contribution in [0.3, 0.4) is 0 Å². The molecular weight excluding hydrogens is 248 g/mol. The summed E-state index contributed by atoms with van der Waals surface area (Å²) in [7, 11) is 0. The van der Waals surface area contributed by atoms with Gasteiger partial charge < -0.3 is 9.88 Å². The first-order chi connectivity index (χ1) is 9.47. The predicted molar refractivity (Wildman–Crippen MR) is 80.4 cm³/mol. The SMILES string of the molecule is Cc1cccc(-c2nnc3n2CCNC3C(C)(C)C)c1. The van der Waals surface area contributed by atoms with Gasteiger partial charge in [0.15, 0.2) is 11.6 Å². The first-order valence-corrected chi connectivity index (χ1v) is 7.20. The molecule has 2 aromatic rings. The quantitative estimate of drug-likeness (QED) is 0.866. The summed E-state index contributed by atoms with van der Waals surface area (Å²) in [5, 5.41) is 12.5. The summed E-state index contributed by atoms with van der Waals surface area (Å²) >= 11 is 0. The smallest absolute Gasteiger partial charge is 0.164 e. The van der Waals surface area contributed by atoms with E-state index in [1.807, 2.05) is 0 Å². The highest BCUT2D eigenvalue weighted by Gasteiger charge is 2.33. The molecule has 20 heavy (non-hydrogen) atoms. The van der Waals surface area contributed by atoms with Crippen molar-refractivity contribution in [2.45, 2.75) is 40.3 Å². The lowest BCUT2D eigenvalue weighted by molar-refractivity contribution is 0.234. The lowest BCUT2D eigenvalue weighted by Crippen LogP contribution is -2.40. The molecule has 0 spiro atoms. The van der Waals surface area contributed by atoms with Crippen molar-refractivity contribution >= 4 is 0 Å². The number of aromatic nitrogens is 3. The summed E-state index contributed by atoms with van der Waals surface area (Å²) in [6.45, 7) is 10.7. The molecule has 2 heterocycles. The largest absolute Gasteiger partial charge is 0.308 e. The average molecular weight is 270 g/mol. The monoisotopic (exact) mass is 270 g/mol. The normalized spacial score (nSPS) is 18.9. The van der Waals surface area contributed by atoms with E-state index in [0.717, 1.165) is 30.3 Å². The number of hydrogen-bond donors (Lipinski definition) is 1. The van der Waals surface area contributed by atoms with Crippen LogP contribution in [0, 0.1) is 12.3 Å². The van der Waals surface area contributed by atoms with Crippen LogP contribution in [-0.4, -0.2) is 21.3 Å². The van der Waals surface area contributed by atoms with Crippen LogP contribution in [0.15, 0.2) is 24.3 Å². The van der Waals surface area contributed by atoms with Crippen molar-refractivity contribution in [3.05, 3.63) is 35.7 Å². The van der Waals surface area contributed by atoms with Gasteiger partial charge in [0.05, 0.1) is 6.04 Å². The van der Waals surface area contributed by atoms with Crippen LogP contribution in [0.4, 0.5) is 0 Å². The van der Waals surface area contributed by atoms with Gasteiger partial charge in [-0.15, -0.1) is 10.2 Å². The third kappa shape index (κ3) is 2.24. The van der Waals surface area contributed by atoms with Gasteiger partial charge in [-0.25, -0.2) is 0 Å². The number of benzene rings is 1. The number of nitrogens with zero attached hydrogens (tertiary/aromatic N) is 3. The summed E-state index contributed by atoms with van der Waals surface area (Å²) < 4.78 is 2.27. The molecule has 0 aliphatic carbocycles. The first kappa shape index (κ1) is 13.3. The van der Waals surface area contributed by atoms with Crippen molar-refractivity contribution in [1.82, 2.24) is 20.1 Å². The van der Waals surface area contributed by atoms with Crippen LogP contribution in [0.1, 0.15) is 38.2 Å². The Morgan fingerprint density at radius 3 is 2.75 bits per heavy atom. The van der Waals surface area contributed by atoms with E-state index < -0.39 is 0 Å². The topological polar surface area (TPSA) is 42.7 Å². The molecule has 1 unspecified atom stereocenters. The van der Waals surface area contributed by atoms with Gasteiger partial charge in [0.2, 0.25) is 0 Å². The molecule has 0 amide bonds. The molecule has 1 N–H and O–H groups in total. The second kappa shape index (κ2) is 4.70.